The van der Waals surface area contributed by atoms with Crippen LogP contribution >= 0.6 is 23.2 Å². The Balaban J connectivity index is 1.68. The Hall–Kier alpha value is -2.02. The molecule has 0 aliphatic carbocycles. The lowest BCUT2D eigenvalue weighted by molar-refractivity contribution is -0.114. The first-order valence-corrected chi connectivity index (χ1v) is 8.90. The molecule has 0 saturated carbocycles. The maximum Gasteiger partial charge on any atom is 0.243 e. The fourth-order valence-electron chi connectivity index (χ4n) is 2.73. The molecule has 26 heavy (non-hydrogen) atoms. The van der Waals surface area contributed by atoms with Crippen LogP contribution in [0.25, 0.3) is 0 Å². The van der Waals surface area contributed by atoms with Crippen molar-refractivity contribution in [3.8, 4) is 0 Å². The van der Waals surface area contributed by atoms with Gasteiger partial charge in [-0.05, 0) is 30.3 Å². The van der Waals surface area contributed by atoms with Crippen LogP contribution in [-0.2, 0) is 9.53 Å². The molecule has 0 atom stereocenters. The summed E-state index contributed by atoms with van der Waals surface area (Å²) in [5.74, 6) is -0.932. The molecule has 1 aliphatic heterocycles. The van der Waals surface area contributed by atoms with Crippen molar-refractivity contribution in [2.45, 2.75) is 0 Å². The summed E-state index contributed by atoms with van der Waals surface area (Å²) < 4.78 is 19.1. The Labute approximate surface area is 161 Å². The number of hydrogen-bond donors (Lipinski definition) is 2. The van der Waals surface area contributed by atoms with E-state index in [-0.39, 0.29) is 18.1 Å². The topological polar surface area (TPSA) is 53.6 Å². The highest BCUT2D eigenvalue weighted by molar-refractivity contribution is 6.34. The number of ether oxygens (including phenoxy) is 1. The highest BCUT2D eigenvalue weighted by atomic mass is 35.5. The molecule has 0 bridgehead atoms. The number of halogens is 3. The van der Waals surface area contributed by atoms with Crippen LogP contribution in [0.3, 0.4) is 0 Å². The van der Waals surface area contributed by atoms with Gasteiger partial charge in [-0.2, -0.15) is 0 Å². The van der Waals surface area contributed by atoms with Crippen LogP contribution in [0.15, 0.2) is 36.4 Å². The number of nitrogens with one attached hydrogen (secondary N) is 2. The van der Waals surface area contributed by atoms with Crippen LogP contribution in [0.1, 0.15) is 0 Å². The first-order chi connectivity index (χ1) is 12.5. The lowest BCUT2D eigenvalue weighted by atomic mass is 10.2. The van der Waals surface area contributed by atoms with Gasteiger partial charge >= 0.3 is 0 Å². The molecule has 2 N–H and O–H groups in total. The van der Waals surface area contributed by atoms with Crippen LogP contribution in [0.2, 0.25) is 10.0 Å². The predicted octanol–water partition coefficient (Wildman–Crippen LogP) is 4.02. The smallest absolute Gasteiger partial charge is 0.243 e. The van der Waals surface area contributed by atoms with E-state index in [0.717, 1.165) is 24.5 Å². The molecule has 0 unspecified atom stereocenters. The molecule has 138 valence electrons. The van der Waals surface area contributed by atoms with Gasteiger partial charge in [0.05, 0.1) is 41.8 Å². The quantitative estimate of drug-likeness (QED) is 0.799. The van der Waals surface area contributed by atoms with E-state index in [1.54, 1.807) is 6.07 Å². The van der Waals surface area contributed by atoms with E-state index in [1.807, 2.05) is 12.1 Å². The average Bonchev–Trinajstić information content (AvgIpc) is 2.64. The second-order valence-electron chi connectivity index (χ2n) is 5.76. The minimum atomic E-state index is -0.542. The van der Waals surface area contributed by atoms with E-state index in [1.165, 1.54) is 18.2 Å². The zero-order chi connectivity index (χ0) is 18.5. The average molecular weight is 398 g/mol. The van der Waals surface area contributed by atoms with Crippen LogP contribution in [0, 0.1) is 5.82 Å². The summed E-state index contributed by atoms with van der Waals surface area (Å²) in [4.78, 5) is 14.3. The molecular weight excluding hydrogens is 380 g/mol. The number of anilines is 3. The maximum absolute atomic E-state index is 13.7. The number of amides is 1. The minimum absolute atomic E-state index is 0.0381. The van der Waals surface area contributed by atoms with Crippen molar-refractivity contribution >= 4 is 46.2 Å². The van der Waals surface area contributed by atoms with E-state index < -0.39 is 5.82 Å². The zero-order valence-electron chi connectivity index (χ0n) is 13.9. The molecule has 1 saturated heterocycles. The van der Waals surface area contributed by atoms with Crippen molar-refractivity contribution in [3.05, 3.63) is 52.3 Å². The third-order valence-corrected chi connectivity index (χ3v) is 4.50. The summed E-state index contributed by atoms with van der Waals surface area (Å²) in [6.07, 6.45) is 0. The van der Waals surface area contributed by atoms with Crippen LogP contribution in [0.4, 0.5) is 21.5 Å². The summed E-state index contributed by atoms with van der Waals surface area (Å²) in [6, 6.07) is 9.46. The number of benzene rings is 2. The molecule has 1 amide bonds. The lowest BCUT2D eigenvalue weighted by Crippen LogP contribution is -2.37. The standard InChI is InChI=1S/C18H18Cl2FN3O2/c19-12-4-5-14(21)16(10-12)23-17(25)11-22-15-3-1-2-13(20)18(15)24-6-8-26-9-7-24/h1-5,10,22H,6-9,11H2,(H,23,25). The Kier molecular flexibility index (Phi) is 6.19. The van der Waals surface area contributed by atoms with Crippen molar-refractivity contribution in [1.29, 1.82) is 0 Å². The normalized spacial score (nSPS) is 14.2. The monoisotopic (exact) mass is 397 g/mol. The van der Waals surface area contributed by atoms with E-state index in [2.05, 4.69) is 15.5 Å². The van der Waals surface area contributed by atoms with Gasteiger partial charge in [0.2, 0.25) is 5.91 Å². The van der Waals surface area contributed by atoms with Crippen molar-refractivity contribution in [1.82, 2.24) is 0 Å². The molecule has 2 aromatic carbocycles. The molecule has 8 heteroatoms. The van der Waals surface area contributed by atoms with Gasteiger partial charge in [0.1, 0.15) is 5.82 Å². The summed E-state index contributed by atoms with van der Waals surface area (Å²) >= 11 is 12.2. The first kappa shape index (κ1) is 18.8. The summed E-state index contributed by atoms with van der Waals surface area (Å²) in [6.45, 7) is 2.65. The third-order valence-electron chi connectivity index (χ3n) is 3.96. The highest BCUT2D eigenvalue weighted by Gasteiger charge is 2.18. The van der Waals surface area contributed by atoms with Gasteiger partial charge in [-0.15, -0.1) is 0 Å². The van der Waals surface area contributed by atoms with Gasteiger partial charge in [0, 0.05) is 18.1 Å². The number of hydrogen-bond acceptors (Lipinski definition) is 4. The largest absolute Gasteiger partial charge is 0.378 e. The summed E-state index contributed by atoms with van der Waals surface area (Å²) in [5.41, 5.74) is 1.61. The van der Waals surface area contributed by atoms with E-state index in [9.17, 15) is 9.18 Å². The predicted molar refractivity (Wildman–Crippen MR) is 103 cm³/mol. The molecule has 5 nitrogen and oxygen atoms in total. The second kappa shape index (κ2) is 8.58. The fraction of sp³-hybridized carbons (Fsp3) is 0.278. The third kappa shape index (κ3) is 4.58. The van der Waals surface area contributed by atoms with Crippen LogP contribution in [-0.4, -0.2) is 38.8 Å². The van der Waals surface area contributed by atoms with Crippen LogP contribution in [0.5, 0.6) is 0 Å². The van der Waals surface area contributed by atoms with Crippen molar-refractivity contribution < 1.29 is 13.9 Å². The number of morpholine rings is 1. The van der Waals surface area contributed by atoms with Gasteiger partial charge in [-0.1, -0.05) is 29.3 Å². The lowest BCUT2D eigenvalue weighted by Gasteiger charge is -2.31. The SMILES string of the molecule is O=C(CNc1cccc(Cl)c1N1CCOCC1)Nc1cc(Cl)ccc1F. The van der Waals surface area contributed by atoms with Crippen LogP contribution < -0.4 is 15.5 Å². The van der Waals surface area contributed by atoms with Crippen molar-refractivity contribution in [2.75, 3.05) is 48.4 Å². The Bertz CT molecular complexity index is 798. The molecule has 1 heterocycles. The molecule has 0 radical (unpaired) electrons. The van der Waals surface area contributed by atoms with Gasteiger partial charge < -0.3 is 20.3 Å². The van der Waals surface area contributed by atoms with E-state index in [0.29, 0.717) is 23.3 Å². The molecule has 2 aromatic rings. The van der Waals surface area contributed by atoms with Gasteiger partial charge in [-0.3, -0.25) is 4.79 Å². The molecule has 3 rings (SSSR count). The summed E-state index contributed by atoms with van der Waals surface area (Å²) in [7, 11) is 0. The molecule has 0 aromatic heterocycles. The van der Waals surface area contributed by atoms with Crippen molar-refractivity contribution in [2.24, 2.45) is 0 Å². The van der Waals surface area contributed by atoms with Gasteiger partial charge in [0.25, 0.3) is 0 Å². The van der Waals surface area contributed by atoms with Gasteiger partial charge in [0.15, 0.2) is 0 Å². The summed E-state index contributed by atoms with van der Waals surface area (Å²) in [5, 5.41) is 6.52. The Morgan fingerprint density at radius 2 is 1.92 bits per heavy atom. The highest BCUT2D eigenvalue weighted by Crippen LogP contribution is 2.34. The molecule has 0 spiro atoms. The number of para-hydroxylation sites is 1. The molecular formula is C18H18Cl2FN3O2. The number of carbonyl (C=O) groups excluding carboxylic acids is 1. The Morgan fingerprint density at radius 3 is 2.69 bits per heavy atom. The second-order valence-corrected chi connectivity index (χ2v) is 6.60. The number of rotatable bonds is 5. The van der Waals surface area contributed by atoms with Gasteiger partial charge in [-0.25, -0.2) is 4.39 Å². The maximum atomic E-state index is 13.7. The Morgan fingerprint density at radius 1 is 1.15 bits per heavy atom. The molecule has 1 aliphatic rings. The molecule has 1 fully saturated rings. The number of carbonyl (C=O) groups is 1. The number of nitrogens with zero attached hydrogens (tertiary/aromatic N) is 1. The van der Waals surface area contributed by atoms with E-state index in [4.69, 9.17) is 27.9 Å². The first-order valence-electron chi connectivity index (χ1n) is 8.14. The zero-order valence-corrected chi connectivity index (χ0v) is 15.4. The van der Waals surface area contributed by atoms with Crippen molar-refractivity contribution in [3.63, 3.8) is 0 Å². The fourth-order valence-corrected chi connectivity index (χ4v) is 3.20. The minimum Gasteiger partial charge on any atom is -0.378 e. The van der Waals surface area contributed by atoms with E-state index >= 15 is 0 Å².